The van der Waals surface area contributed by atoms with E-state index in [1.165, 1.54) is 4.57 Å². The standard InChI is InChI=1S/C24H25N3O4/c1-16-4-2-5-18-23(16)25-15-26(24(18)29)11-9-22(28)27-10-3-6-19(27)17-7-8-20-21(14-17)31-13-12-30-20/h2,4-5,7-8,14-15,19H,3,6,9-13H2,1H3/t19-/m0/s1. The third-order valence-electron chi connectivity index (χ3n) is 6.15. The molecule has 1 amide bonds. The van der Waals surface area contributed by atoms with Gasteiger partial charge in [0.05, 0.1) is 23.3 Å². The number of aryl methyl sites for hydroxylation is 2. The first kappa shape index (κ1) is 19.6. The number of nitrogens with zero attached hydrogens (tertiary/aromatic N) is 3. The van der Waals surface area contributed by atoms with Crippen molar-refractivity contribution in [2.24, 2.45) is 0 Å². The van der Waals surface area contributed by atoms with Crippen molar-refractivity contribution in [1.29, 1.82) is 0 Å². The Labute approximate surface area is 180 Å². The molecule has 0 saturated carbocycles. The van der Waals surface area contributed by atoms with E-state index in [-0.39, 0.29) is 23.9 Å². The Hall–Kier alpha value is -3.35. The third kappa shape index (κ3) is 3.65. The molecule has 31 heavy (non-hydrogen) atoms. The Morgan fingerprint density at radius 1 is 1.16 bits per heavy atom. The number of amides is 1. The number of carbonyl (C=O) groups excluding carboxylic acids is 1. The molecule has 0 radical (unpaired) electrons. The Balaban J connectivity index is 1.32. The van der Waals surface area contributed by atoms with Crippen LogP contribution in [0.15, 0.2) is 47.5 Å². The zero-order valence-electron chi connectivity index (χ0n) is 17.5. The lowest BCUT2D eigenvalue weighted by molar-refractivity contribution is -0.132. The minimum Gasteiger partial charge on any atom is -0.486 e. The molecule has 0 unspecified atom stereocenters. The van der Waals surface area contributed by atoms with Crippen LogP contribution in [-0.4, -0.2) is 40.1 Å². The van der Waals surface area contributed by atoms with Gasteiger partial charge in [-0.15, -0.1) is 0 Å². The highest BCUT2D eigenvalue weighted by Crippen LogP contribution is 2.38. The Bertz CT molecular complexity index is 1200. The molecule has 7 nitrogen and oxygen atoms in total. The van der Waals surface area contributed by atoms with Gasteiger partial charge in [-0.1, -0.05) is 18.2 Å². The minimum absolute atomic E-state index is 0.0254. The average Bonchev–Trinajstić information content (AvgIpc) is 3.29. The number of likely N-dealkylation sites (tertiary alicyclic amines) is 1. The zero-order chi connectivity index (χ0) is 21.4. The van der Waals surface area contributed by atoms with E-state index in [0.29, 0.717) is 30.7 Å². The van der Waals surface area contributed by atoms with Crippen LogP contribution in [0.3, 0.4) is 0 Å². The van der Waals surface area contributed by atoms with E-state index in [0.717, 1.165) is 42.0 Å². The lowest BCUT2D eigenvalue weighted by Crippen LogP contribution is -2.32. The Morgan fingerprint density at radius 3 is 2.87 bits per heavy atom. The van der Waals surface area contributed by atoms with Crippen molar-refractivity contribution in [2.75, 3.05) is 19.8 Å². The summed E-state index contributed by atoms with van der Waals surface area (Å²) in [6, 6.07) is 11.5. The molecular weight excluding hydrogens is 394 g/mol. The fourth-order valence-corrected chi connectivity index (χ4v) is 4.54. The number of rotatable bonds is 4. The van der Waals surface area contributed by atoms with Gasteiger partial charge in [-0.3, -0.25) is 14.2 Å². The number of ether oxygens (including phenoxy) is 2. The number of aromatic nitrogens is 2. The first-order valence-electron chi connectivity index (χ1n) is 10.8. The maximum absolute atomic E-state index is 13.1. The van der Waals surface area contributed by atoms with Gasteiger partial charge >= 0.3 is 0 Å². The van der Waals surface area contributed by atoms with Crippen molar-refractivity contribution in [3.63, 3.8) is 0 Å². The number of benzene rings is 2. The quantitative estimate of drug-likeness (QED) is 0.649. The van der Waals surface area contributed by atoms with Gasteiger partial charge in [0.15, 0.2) is 11.5 Å². The zero-order valence-corrected chi connectivity index (χ0v) is 17.5. The number of para-hydroxylation sites is 1. The average molecular weight is 419 g/mol. The molecule has 1 saturated heterocycles. The second-order valence-corrected chi connectivity index (χ2v) is 8.11. The molecular formula is C24H25N3O4. The van der Waals surface area contributed by atoms with Gasteiger partial charge in [0.25, 0.3) is 5.56 Å². The highest BCUT2D eigenvalue weighted by Gasteiger charge is 2.30. The summed E-state index contributed by atoms with van der Waals surface area (Å²) in [6.45, 7) is 4.08. The Kier molecular flexibility index (Phi) is 5.10. The summed E-state index contributed by atoms with van der Waals surface area (Å²) in [7, 11) is 0. The first-order valence-corrected chi connectivity index (χ1v) is 10.8. The van der Waals surface area contributed by atoms with Crippen molar-refractivity contribution in [1.82, 2.24) is 14.5 Å². The predicted molar refractivity (Wildman–Crippen MR) is 116 cm³/mol. The molecule has 0 N–H and O–H groups in total. The lowest BCUT2D eigenvalue weighted by Gasteiger charge is -2.27. The summed E-state index contributed by atoms with van der Waals surface area (Å²) in [5, 5.41) is 0.588. The van der Waals surface area contributed by atoms with Gasteiger partial charge < -0.3 is 14.4 Å². The molecule has 2 aliphatic rings. The van der Waals surface area contributed by atoms with Crippen LogP contribution < -0.4 is 15.0 Å². The van der Waals surface area contributed by atoms with E-state index >= 15 is 0 Å². The normalized spacial score (nSPS) is 17.8. The van der Waals surface area contributed by atoms with E-state index in [9.17, 15) is 9.59 Å². The molecule has 1 fully saturated rings. The molecule has 1 atom stereocenters. The summed E-state index contributed by atoms with van der Waals surface area (Å²) in [4.78, 5) is 32.2. The topological polar surface area (TPSA) is 73.7 Å². The minimum atomic E-state index is -0.105. The van der Waals surface area contributed by atoms with Crippen molar-refractivity contribution < 1.29 is 14.3 Å². The molecule has 160 valence electrons. The smallest absolute Gasteiger partial charge is 0.261 e. The number of hydrogen-bond acceptors (Lipinski definition) is 5. The first-order chi connectivity index (χ1) is 15.1. The van der Waals surface area contributed by atoms with Crippen molar-refractivity contribution in [3.8, 4) is 11.5 Å². The monoisotopic (exact) mass is 419 g/mol. The van der Waals surface area contributed by atoms with Gasteiger partial charge in [-0.05, 0) is 49.1 Å². The Morgan fingerprint density at radius 2 is 2.00 bits per heavy atom. The molecule has 3 aromatic rings. The fourth-order valence-electron chi connectivity index (χ4n) is 4.54. The summed E-state index contributed by atoms with van der Waals surface area (Å²) in [5.74, 6) is 1.55. The van der Waals surface area contributed by atoms with Gasteiger partial charge in [-0.2, -0.15) is 0 Å². The van der Waals surface area contributed by atoms with E-state index in [2.05, 4.69) is 4.98 Å². The van der Waals surface area contributed by atoms with E-state index < -0.39 is 0 Å². The van der Waals surface area contributed by atoms with Crippen molar-refractivity contribution >= 4 is 16.8 Å². The SMILES string of the molecule is Cc1cccc2c(=O)n(CCC(=O)N3CCC[C@H]3c3ccc4c(c3)OCCO4)cnc12. The number of carbonyl (C=O) groups is 1. The van der Waals surface area contributed by atoms with Gasteiger partial charge in [0, 0.05) is 19.5 Å². The van der Waals surface area contributed by atoms with E-state index in [4.69, 9.17) is 9.47 Å². The third-order valence-corrected chi connectivity index (χ3v) is 6.15. The molecule has 3 heterocycles. The van der Waals surface area contributed by atoms with Crippen molar-refractivity contribution in [2.45, 2.75) is 38.8 Å². The molecule has 2 aliphatic heterocycles. The number of hydrogen-bond donors (Lipinski definition) is 0. The number of fused-ring (bicyclic) bond motifs is 2. The summed E-state index contributed by atoms with van der Waals surface area (Å²) < 4.78 is 12.9. The molecule has 0 bridgehead atoms. The lowest BCUT2D eigenvalue weighted by atomic mass is 10.0. The van der Waals surface area contributed by atoms with Crippen LogP contribution >= 0.6 is 0 Å². The van der Waals surface area contributed by atoms with Crippen LogP contribution in [0.25, 0.3) is 10.9 Å². The summed E-state index contributed by atoms with van der Waals surface area (Å²) >= 11 is 0. The second kappa shape index (κ2) is 8.06. The molecule has 7 heteroatoms. The highest BCUT2D eigenvalue weighted by atomic mass is 16.6. The van der Waals surface area contributed by atoms with Gasteiger partial charge in [0.2, 0.25) is 5.91 Å². The highest BCUT2D eigenvalue weighted by molar-refractivity contribution is 5.80. The second-order valence-electron chi connectivity index (χ2n) is 8.11. The van der Waals surface area contributed by atoms with Crippen LogP contribution in [0.1, 0.15) is 36.4 Å². The van der Waals surface area contributed by atoms with E-state index in [1.54, 1.807) is 12.4 Å². The van der Waals surface area contributed by atoms with Crippen LogP contribution in [0.5, 0.6) is 11.5 Å². The van der Waals surface area contributed by atoms with Crippen LogP contribution in [0, 0.1) is 6.92 Å². The maximum atomic E-state index is 13.1. The van der Waals surface area contributed by atoms with Gasteiger partial charge in [-0.25, -0.2) is 4.98 Å². The molecule has 0 spiro atoms. The van der Waals surface area contributed by atoms with Crippen LogP contribution in [-0.2, 0) is 11.3 Å². The van der Waals surface area contributed by atoms with Crippen LogP contribution in [0.4, 0.5) is 0 Å². The van der Waals surface area contributed by atoms with E-state index in [1.807, 2.05) is 42.2 Å². The fraction of sp³-hybridized carbons (Fsp3) is 0.375. The molecule has 5 rings (SSSR count). The van der Waals surface area contributed by atoms with Crippen molar-refractivity contribution in [3.05, 3.63) is 64.2 Å². The largest absolute Gasteiger partial charge is 0.486 e. The van der Waals surface area contributed by atoms with Crippen LogP contribution in [0.2, 0.25) is 0 Å². The predicted octanol–water partition coefficient (Wildman–Crippen LogP) is 3.23. The molecule has 1 aromatic heterocycles. The molecule has 2 aromatic carbocycles. The molecule has 0 aliphatic carbocycles. The van der Waals surface area contributed by atoms with Gasteiger partial charge in [0.1, 0.15) is 13.2 Å². The summed E-state index contributed by atoms with van der Waals surface area (Å²) in [6.07, 6.45) is 3.69. The summed E-state index contributed by atoms with van der Waals surface area (Å²) in [5.41, 5.74) is 2.65. The maximum Gasteiger partial charge on any atom is 0.261 e.